The van der Waals surface area contributed by atoms with E-state index >= 15 is 0 Å². The first-order valence-corrected chi connectivity index (χ1v) is 10.3. The molecule has 0 unspecified atom stereocenters. The Labute approximate surface area is 168 Å². The first kappa shape index (κ1) is 18.4. The van der Waals surface area contributed by atoms with E-state index in [9.17, 15) is 5.26 Å². The third-order valence-electron chi connectivity index (χ3n) is 5.29. The van der Waals surface area contributed by atoms with Gasteiger partial charge in [-0.2, -0.15) is 14.6 Å². The number of anilines is 3. The second-order valence-electron chi connectivity index (χ2n) is 7.29. The van der Waals surface area contributed by atoms with Crippen molar-refractivity contribution < 1.29 is 0 Å². The summed E-state index contributed by atoms with van der Waals surface area (Å²) in [6.07, 6.45) is 5.88. The van der Waals surface area contributed by atoms with Gasteiger partial charge >= 0.3 is 0 Å². The van der Waals surface area contributed by atoms with Gasteiger partial charge in [0.05, 0.1) is 29.9 Å². The van der Waals surface area contributed by atoms with E-state index < -0.39 is 0 Å². The topological polar surface area (TPSA) is 81.0 Å². The summed E-state index contributed by atoms with van der Waals surface area (Å²) in [5.41, 5.74) is 0.883. The van der Waals surface area contributed by atoms with Crippen LogP contribution in [0.5, 0.6) is 0 Å². The lowest BCUT2D eigenvalue weighted by atomic mass is 9.83. The second kappa shape index (κ2) is 7.58. The van der Waals surface area contributed by atoms with Gasteiger partial charge in [-0.1, -0.05) is 18.0 Å². The molecular formula is C18H22ClN7S. The average Bonchev–Trinajstić information content (AvgIpc) is 3.05. The molecule has 0 bridgehead atoms. The van der Waals surface area contributed by atoms with Crippen molar-refractivity contribution in [1.82, 2.24) is 19.2 Å². The van der Waals surface area contributed by atoms with Crippen LogP contribution < -0.4 is 10.2 Å². The summed E-state index contributed by atoms with van der Waals surface area (Å²) in [6.45, 7) is 5.65. The van der Waals surface area contributed by atoms with Crippen molar-refractivity contribution in [2.75, 3.05) is 36.4 Å². The third kappa shape index (κ3) is 3.72. The van der Waals surface area contributed by atoms with Crippen LogP contribution in [0, 0.1) is 18.3 Å². The number of hydrogen-bond acceptors (Lipinski definition) is 8. The molecule has 0 aliphatic carbocycles. The number of likely N-dealkylation sites (tertiary alicyclic amines) is 1. The molecule has 0 amide bonds. The van der Waals surface area contributed by atoms with E-state index in [1.165, 1.54) is 30.8 Å². The van der Waals surface area contributed by atoms with Crippen LogP contribution in [-0.4, -0.2) is 51.0 Å². The molecule has 4 heterocycles. The summed E-state index contributed by atoms with van der Waals surface area (Å²) in [6, 6.07) is 4.35. The Morgan fingerprint density at radius 3 is 2.78 bits per heavy atom. The zero-order valence-electron chi connectivity index (χ0n) is 15.3. The fourth-order valence-electron chi connectivity index (χ4n) is 3.93. The molecule has 4 rings (SSSR count). The zero-order valence-corrected chi connectivity index (χ0v) is 16.9. The van der Waals surface area contributed by atoms with Gasteiger partial charge in [-0.3, -0.25) is 4.90 Å². The van der Waals surface area contributed by atoms with Gasteiger partial charge in [-0.15, -0.1) is 0 Å². The number of nitrogens with zero attached hydrogens (tertiary/aromatic N) is 6. The Hall–Kier alpha value is -1.95. The number of halogens is 1. The van der Waals surface area contributed by atoms with E-state index in [1.54, 1.807) is 6.20 Å². The molecule has 0 aromatic carbocycles. The molecule has 0 saturated carbocycles. The lowest BCUT2D eigenvalue weighted by molar-refractivity contribution is 0.0439. The Balaban J connectivity index is 1.50. The smallest absolute Gasteiger partial charge is 0.229 e. The van der Waals surface area contributed by atoms with Crippen molar-refractivity contribution in [3.63, 3.8) is 0 Å². The predicted octanol–water partition coefficient (Wildman–Crippen LogP) is 3.60. The fourth-order valence-corrected chi connectivity index (χ4v) is 4.79. The highest BCUT2D eigenvalue weighted by Crippen LogP contribution is 2.38. The molecule has 0 spiro atoms. The third-order valence-corrected chi connectivity index (χ3v) is 6.36. The molecule has 142 valence electrons. The lowest BCUT2D eigenvalue weighted by Crippen LogP contribution is -2.71. The van der Waals surface area contributed by atoms with Gasteiger partial charge in [0.25, 0.3) is 0 Å². The van der Waals surface area contributed by atoms with Gasteiger partial charge in [-0.05, 0) is 50.5 Å². The van der Waals surface area contributed by atoms with Gasteiger partial charge < -0.3 is 10.2 Å². The normalized spacial score (nSPS) is 19.4. The van der Waals surface area contributed by atoms with Crippen molar-refractivity contribution in [2.45, 2.75) is 38.1 Å². The summed E-state index contributed by atoms with van der Waals surface area (Å²) in [5, 5.41) is 14.0. The standard InChI is InChI=1S/C18H22ClN7S/c1-13-9-15(27-24-13)22-17-21-10-14(19)16(23-17)25-11-18(12-25,5-6-20)26-7-3-2-4-8-26/h9-10H,2-5,7-8,11-12H2,1H3,(H,21,22,23). The van der Waals surface area contributed by atoms with Crippen LogP contribution in [0.15, 0.2) is 12.3 Å². The molecule has 7 nitrogen and oxygen atoms in total. The van der Waals surface area contributed by atoms with Crippen LogP contribution in [0.1, 0.15) is 31.4 Å². The summed E-state index contributed by atoms with van der Waals surface area (Å²) >= 11 is 7.76. The van der Waals surface area contributed by atoms with Crippen molar-refractivity contribution in [2.24, 2.45) is 0 Å². The molecule has 2 fully saturated rings. The molecule has 1 N–H and O–H groups in total. The first-order valence-electron chi connectivity index (χ1n) is 9.19. The molecule has 27 heavy (non-hydrogen) atoms. The van der Waals surface area contributed by atoms with Crippen LogP contribution in [0.4, 0.5) is 16.8 Å². The van der Waals surface area contributed by atoms with E-state index in [4.69, 9.17) is 11.6 Å². The number of rotatable bonds is 5. The zero-order chi connectivity index (χ0) is 18.9. The van der Waals surface area contributed by atoms with Gasteiger partial charge in [0.15, 0.2) is 5.82 Å². The lowest BCUT2D eigenvalue weighted by Gasteiger charge is -2.56. The number of piperidine rings is 1. The van der Waals surface area contributed by atoms with Gasteiger partial charge in [0.1, 0.15) is 10.0 Å². The largest absolute Gasteiger partial charge is 0.351 e. The van der Waals surface area contributed by atoms with Gasteiger partial charge in [0, 0.05) is 13.1 Å². The fraction of sp³-hybridized carbons (Fsp3) is 0.556. The summed E-state index contributed by atoms with van der Waals surface area (Å²) < 4.78 is 4.26. The Bertz CT molecular complexity index is 850. The minimum atomic E-state index is -0.0776. The van der Waals surface area contributed by atoms with Crippen molar-refractivity contribution in [3.8, 4) is 6.07 Å². The molecular weight excluding hydrogens is 382 g/mol. The summed E-state index contributed by atoms with van der Waals surface area (Å²) in [7, 11) is 0. The predicted molar refractivity (Wildman–Crippen MR) is 108 cm³/mol. The van der Waals surface area contributed by atoms with E-state index in [2.05, 4.69) is 35.5 Å². The molecule has 0 atom stereocenters. The Morgan fingerprint density at radius 1 is 1.33 bits per heavy atom. The number of nitrogens with one attached hydrogen (secondary N) is 1. The van der Waals surface area contributed by atoms with E-state index in [-0.39, 0.29) is 5.54 Å². The van der Waals surface area contributed by atoms with Crippen molar-refractivity contribution in [1.29, 1.82) is 5.26 Å². The van der Waals surface area contributed by atoms with Crippen LogP contribution in [-0.2, 0) is 0 Å². The molecule has 0 radical (unpaired) electrons. The quantitative estimate of drug-likeness (QED) is 0.816. The second-order valence-corrected chi connectivity index (χ2v) is 8.50. The van der Waals surface area contributed by atoms with Crippen molar-refractivity contribution in [3.05, 3.63) is 23.0 Å². The maximum absolute atomic E-state index is 9.36. The highest BCUT2D eigenvalue weighted by Gasteiger charge is 2.48. The Morgan fingerprint density at radius 2 is 2.11 bits per heavy atom. The summed E-state index contributed by atoms with van der Waals surface area (Å²) in [5.74, 6) is 1.23. The number of aromatic nitrogens is 3. The van der Waals surface area contributed by atoms with Gasteiger partial charge in [0.2, 0.25) is 5.95 Å². The number of aryl methyl sites for hydroxylation is 1. The SMILES string of the molecule is Cc1cc(Nc2ncc(Cl)c(N3CC(CC#N)(N4CCCCC4)C3)n2)sn1. The van der Waals surface area contributed by atoms with Gasteiger partial charge in [-0.25, -0.2) is 4.98 Å². The number of hydrogen-bond donors (Lipinski definition) is 1. The van der Waals surface area contributed by atoms with E-state index in [0.717, 1.165) is 42.7 Å². The molecule has 2 saturated heterocycles. The van der Waals surface area contributed by atoms with Crippen LogP contribution in [0.3, 0.4) is 0 Å². The molecule has 2 aliphatic rings. The van der Waals surface area contributed by atoms with Crippen LogP contribution in [0.25, 0.3) is 0 Å². The number of nitriles is 1. The molecule has 2 aliphatic heterocycles. The van der Waals surface area contributed by atoms with E-state index in [1.807, 2.05) is 13.0 Å². The maximum atomic E-state index is 9.36. The first-order chi connectivity index (χ1) is 13.1. The monoisotopic (exact) mass is 403 g/mol. The molecule has 9 heteroatoms. The van der Waals surface area contributed by atoms with Crippen molar-refractivity contribution >= 4 is 39.9 Å². The highest BCUT2D eigenvalue weighted by molar-refractivity contribution is 7.10. The summed E-state index contributed by atoms with van der Waals surface area (Å²) in [4.78, 5) is 13.5. The van der Waals surface area contributed by atoms with Crippen LogP contribution in [0.2, 0.25) is 5.02 Å². The highest BCUT2D eigenvalue weighted by atomic mass is 35.5. The average molecular weight is 404 g/mol. The molecule has 2 aromatic rings. The Kier molecular flexibility index (Phi) is 5.17. The van der Waals surface area contributed by atoms with E-state index in [0.29, 0.717) is 17.4 Å². The maximum Gasteiger partial charge on any atom is 0.229 e. The minimum absolute atomic E-state index is 0.0776. The molecule has 2 aromatic heterocycles. The minimum Gasteiger partial charge on any atom is -0.351 e. The van der Waals surface area contributed by atoms with Crippen LogP contribution >= 0.6 is 23.1 Å².